The van der Waals surface area contributed by atoms with Gasteiger partial charge in [0, 0.05) is 4.90 Å². The van der Waals surface area contributed by atoms with E-state index < -0.39 is 0 Å². The normalized spacial score (nSPS) is 12.7. The fourth-order valence-electron chi connectivity index (χ4n) is 1.42. The molecular weight excluding hydrogens is 244 g/mol. The Balaban J connectivity index is 2.54. The van der Waals surface area contributed by atoms with Crippen molar-refractivity contribution in [3.05, 3.63) is 30.1 Å². The summed E-state index contributed by atoms with van der Waals surface area (Å²) in [6.45, 7) is 1.85. The van der Waals surface area contributed by atoms with E-state index in [4.69, 9.17) is 11.6 Å². The lowest BCUT2D eigenvalue weighted by atomic mass is 10.3. The highest BCUT2D eigenvalue weighted by Crippen LogP contribution is 2.26. The summed E-state index contributed by atoms with van der Waals surface area (Å²) in [6.07, 6.45) is 2.02. The molecule has 1 heterocycles. The first-order valence-electron chi connectivity index (χ1n) is 4.79. The molecule has 0 saturated heterocycles. The average molecular weight is 255 g/mol. The Labute approximate surface area is 103 Å². The van der Waals surface area contributed by atoms with Gasteiger partial charge < -0.3 is 0 Å². The summed E-state index contributed by atoms with van der Waals surface area (Å²) in [5.74, 6) is 0.656. The van der Waals surface area contributed by atoms with Crippen LogP contribution in [-0.2, 0) is 0 Å². The Kier molecular flexibility index (Phi) is 3.46. The Morgan fingerprint density at radius 3 is 2.81 bits per heavy atom. The number of aromatic nitrogens is 4. The maximum Gasteiger partial charge on any atom is 0.174 e. The monoisotopic (exact) mass is 254 g/mol. The minimum absolute atomic E-state index is 0.218. The van der Waals surface area contributed by atoms with Gasteiger partial charge >= 0.3 is 0 Å². The van der Waals surface area contributed by atoms with Crippen LogP contribution in [0.4, 0.5) is 0 Å². The van der Waals surface area contributed by atoms with E-state index in [-0.39, 0.29) is 5.38 Å². The Morgan fingerprint density at radius 2 is 2.12 bits per heavy atom. The van der Waals surface area contributed by atoms with E-state index in [0.29, 0.717) is 5.82 Å². The molecule has 0 fully saturated rings. The van der Waals surface area contributed by atoms with Crippen LogP contribution in [0.25, 0.3) is 5.69 Å². The number of halogens is 1. The molecule has 0 aliphatic carbocycles. The van der Waals surface area contributed by atoms with Gasteiger partial charge in [-0.05, 0) is 35.7 Å². The van der Waals surface area contributed by atoms with Gasteiger partial charge in [-0.25, -0.2) is 0 Å². The van der Waals surface area contributed by atoms with Crippen LogP contribution in [0, 0.1) is 0 Å². The molecule has 1 atom stereocenters. The van der Waals surface area contributed by atoms with Gasteiger partial charge in [0.15, 0.2) is 5.82 Å². The molecule has 0 bridgehead atoms. The Morgan fingerprint density at radius 1 is 1.38 bits per heavy atom. The fourth-order valence-corrected chi connectivity index (χ4v) is 2.13. The van der Waals surface area contributed by atoms with Gasteiger partial charge in [0.05, 0.1) is 11.1 Å². The third-order valence-electron chi connectivity index (χ3n) is 2.16. The number of rotatable bonds is 3. The van der Waals surface area contributed by atoms with Gasteiger partial charge in [0.25, 0.3) is 0 Å². The molecule has 0 aliphatic rings. The third-order valence-corrected chi connectivity index (χ3v) is 3.14. The molecule has 0 saturated carbocycles. The summed E-state index contributed by atoms with van der Waals surface area (Å²) < 4.78 is 1.68. The van der Waals surface area contributed by atoms with E-state index in [9.17, 15) is 0 Å². The minimum atomic E-state index is -0.218. The first-order valence-corrected chi connectivity index (χ1v) is 6.46. The van der Waals surface area contributed by atoms with Crippen LogP contribution in [0.5, 0.6) is 0 Å². The Hall–Kier alpha value is -1.07. The summed E-state index contributed by atoms with van der Waals surface area (Å²) in [5, 5.41) is 11.3. The van der Waals surface area contributed by atoms with Crippen molar-refractivity contribution >= 4 is 23.4 Å². The molecule has 0 N–H and O–H groups in total. The standard InChI is InChI=1S/C10H11ClN4S/c1-7(11)10-12-13-14-15(10)8-5-3-4-6-9(8)16-2/h3-7H,1-2H3. The van der Waals surface area contributed by atoms with Crippen molar-refractivity contribution in [1.29, 1.82) is 0 Å². The number of thioether (sulfide) groups is 1. The van der Waals surface area contributed by atoms with Gasteiger partial charge in [0.1, 0.15) is 0 Å². The summed E-state index contributed by atoms with van der Waals surface area (Å²) in [4.78, 5) is 1.12. The molecule has 1 aromatic heterocycles. The molecule has 1 unspecified atom stereocenters. The second-order valence-corrected chi connectivity index (χ2v) is 4.74. The third kappa shape index (κ3) is 2.05. The maximum atomic E-state index is 6.02. The van der Waals surface area contributed by atoms with Crippen LogP contribution in [0.15, 0.2) is 29.2 Å². The van der Waals surface area contributed by atoms with E-state index in [1.54, 1.807) is 16.4 Å². The number of para-hydroxylation sites is 1. The molecule has 2 aromatic rings. The zero-order valence-corrected chi connectivity index (χ0v) is 10.5. The largest absolute Gasteiger partial charge is 0.195 e. The SMILES string of the molecule is CSc1ccccc1-n1nnnc1C(C)Cl. The van der Waals surface area contributed by atoms with E-state index in [0.717, 1.165) is 10.6 Å². The van der Waals surface area contributed by atoms with Crippen molar-refractivity contribution in [1.82, 2.24) is 20.2 Å². The highest BCUT2D eigenvalue weighted by atomic mass is 35.5. The lowest BCUT2D eigenvalue weighted by molar-refractivity contribution is 0.750. The first kappa shape index (κ1) is 11.4. The quantitative estimate of drug-likeness (QED) is 0.624. The molecule has 2 rings (SSSR count). The van der Waals surface area contributed by atoms with E-state index in [2.05, 4.69) is 15.5 Å². The van der Waals surface area contributed by atoms with Crippen molar-refractivity contribution in [2.45, 2.75) is 17.2 Å². The molecule has 0 spiro atoms. The fraction of sp³-hybridized carbons (Fsp3) is 0.300. The maximum absolute atomic E-state index is 6.02. The summed E-state index contributed by atoms with van der Waals surface area (Å²) in [7, 11) is 0. The zero-order chi connectivity index (χ0) is 11.5. The van der Waals surface area contributed by atoms with Gasteiger partial charge in [-0.15, -0.1) is 28.5 Å². The van der Waals surface area contributed by atoms with Crippen LogP contribution in [-0.4, -0.2) is 26.5 Å². The predicted molar refractivity (Wildman–Crippen MR) is 65.2 cm³/mol. The van der Waals surface area contributed by atoms with Crippen LogP contribution in [0.1, 0.15) is 18.1 Å². The molecule has 6 heteroatoms. The smallest absolute Gasteiger partial charge is 0.174 e. The predicted octanol–water partition coefficient (Wildman–Crippen LogP) is 2.68. The molecule has 0 amide bonds. The van der Waals surface area contributed by atoms with Crippen LogP contribution >= 0.6 is 23.4 Å². The van der Waals surface area contributed by atoms with Crippen molar-refractivity contribution < 1.29 is 0 Å². The Bertz CT molecular complexity index is 483. The van der Waals surface area contributed by atoms with Gasteiger partial charge in [0.2, 0.25) is 0 Å². The number of hydrogen-bond donors (Lipinski definition) is 0. The molecule has 0 radical (unpaired) electrons. The van der Waals surface area contributed by atoms with Crippen molar-refractivity contribution in [3.63, 3.8) is 0 Å². The molecule has 0 aliphatic heterocycles. The van der Waals surface area contributed by atoms with Crippen molar-refractivity contribution in [2.24, 2.45) is 0 Å². The van der Waals surface area contributed by atoms with Crippen LogP contribution in [0.3, 0.4) is 0 Å². The van der Waals surface area contributed by atoms with Crippen molar-refractivity contribution in [2.75, 3.05) is 6.26 Å². The highest BCUT2D eigenvalue weighted by Gasteiger charge is 2.15. The second-order valence-electron chi connectivity index (χ2n) is 3.24. The average Bonchev–Trinajstić information content (AvgIpc) is 2.77. The molecule has 4 nitrogen and oxygen atoms in total. The van der Waals surface area contributed by atoms with Crippen LogP contribution in [0.2, 0.25) is 0 Å². The molecule has 16 heavy (non-hydrogen) atoms. The summed E-state index contributed by atoms with van der Waals surface area (Å²) >= 11 is 7.68. The van der Waals surface area contributed by atoms with E-state index in [1.807, 2.05) is 37.4 Å². The van der Waals surface area contributed by atoms with E-state index >= 15 is 0 Å². The van der Waals surface area contributed by atoms with Crippen LogP contribution < -0.4 is 0 Å². The number of alkyl halides is 1. The minimum Gasteiger partial charge on any atom is -0.195 e. The highest BCUT2D eigenvalue weighted by molar-refractivity contribution is 7.98. The lowest BCUT2D eigenvalue weighted by Gasteiger charge is -2.09. The zero-order valence-electron chi connectivity index (χ0n) is 8.96. The molecule has 84 valence electrons. The number of nitrogens with zero attached hydrogens (tertiary/aromatic N) is 4. The van der Waals surface area contributed by atoms with Gasteiger partial charge in [-0.3, -0.25) is 0 Å². The molecule has 1 aromatic carbocycles. The first-order chi connectivity index (χ1) is 7.74. The number of hydrogen-bond acceptors (Lipinski definition) is 4. The van der Waals surface area contributed by atoms with Crippen molar-refractivity contribution in [3.8, 4) is 5.69 Å². The second kappa shape index (κ2) is 4.84. The lowest BCUT2D eigenvalue weighted by Crippen LogP contribution is -2.04. The summed E-state index contributed by atoms with van der Waals surface area (Å²) in [6, 6.07) is 7.96. The van der Waals surface area contributed by atoms with Gasteiger partial charge in [-0.2, -0.15) is 4.68 Å². The number of benzene rings is 1. The molecular formula is C10H11ClN4S. The van der Waals surface area contributed by atoms with Gasteiger partial charge in [-0.1, -0.05) is 12.1 Å². The topological polar surface area (TPSA) is 43.6 Å². The number of tetrazole rings is 1. The summed E-state index contributed by atoms with van der Waals surface area (Å²) in [5.41, 5.74) is 0.961. The van der Waals surface area contributed by atoms with E-state index in [1.165, 1.54) is 0 Å².